The average molecular weight is 333 g/mol. The monoisotopic (exact) mass is 333 g/mol. The molecule has 6 nitrogen and oxygen atoms in total. The first-order valence-electron chi connectivity index (χ1n) is 8.35. The number of carbonyl (C=O) groups is 1. The summed E-state index contributed by atoms with van der Waals surface area (Å²) in [5.41, 5.74) is 7.26. The highest BCUT2D eigenvalue weighted by Crippen LogP contribution is 2.17. The second kappa shape index (κ2) is 6.05. The van der Waals surface area contributed by atoms with E-state index in [0.717, 1.165) is 29.1 Å². The SMILES string of the molecule is CCCN1C=c2cc(C(=O)c3nc(N)c4ccccn34)ccc2=NC1. The molecule has 0 atom stereocenters. The minimum atomic E-state index is -0.151. The number of hydrogen-bond acceptors (Lipinski definition) is 5. The highest BCUT2D eigenvalue weighted by Gasteiger charge is 2.18. The third-order valence-electron chi connectivity index (χ3n) is 4.32. The molecule has 1 aliphatic heterocycles. The van der Waals surface area contributed by atoms with Crippen LogP contribution in [0.4, 0.5) is 5.82 Å². The third kappa shape index (κ3) is 2.65. The summed E-state index contributed by atoms with van der Waals surface area (Å²) in [6.45, 7) is 3.75. The summed E-state index contributed by atoms with van der Waals surface area (Å²) in [5.74, 6) is 0.533. The molecule has 0 aliphatic carbocycles. The van der Waals surface area contributed by atoms with Gasteiger partial charge in [-0.2, -0.15) is 0 Å². The fraction of sp³-hybridized carbons (Fsp3) is 0.211. The van der Waals surface area contributed by atoms with E-state index in [0.29, 0.717) is 23.9 Å². The lowest BCUT2D eigenvalue weighted by Crippen LogP contribution is -2.36. The Morgan fingerprint density at radius 3 is 3.00 bits per heavy atom. The number of nitrogens with zero attached hydrogens (tertiary/aromatic N) is 4. The van der Waals surface area contributed by atoms with Crippen molar-refractivity contribution in [1.82, 2.24) is 14.3 Å². The summed E-state index contributed by atoms with van der Waals surface area (Å²) in [6.07, 6.45) is 4.93. The van der Waals surface area contributed by atoms with Gasteiger partial charge in [-0.1, -0.05) is 13.0 Å². The summed E-state index contributed by atoms with van der Waals surface area (Å²) < 4.78 is 1.73. The van der Waals surface area contributed by atoms with Crippen molar-refractivity contribution in [2.75, 3.05) is 18.9 Å². The average Bonchev–Trinajstić information content (AvgIpc) is 2.98. The van der Waals surface area contributed by atoms with Crippen molar-refractivity contribution in [3.63, 3.8) is 0 Å². The number of imidazole rings is 1. The maximum atomic E-state index is 13.0. The van der Waals surface area contributed by atoms with Crippen molar-refractivity contribution in [2.24, 2.45) is 4.99 Å². The van der Waals surface area contributed by atoms with Crippen LogP contribution in [0.5, 0.6) is 0 Å². The van der Waals surface area contributed by atoms with Gasteiger partial charge in [0, 0.05) is 29.7 Å². The Kier molecular flexibility index (Phi) is 3.72. The van der Waals surface area contributed by atoms with Crippen LogP contribution in [0, 0.1) is 0 Å². The van der Waals surface area contributed by atoms with E-state index in [1.165, 1.54) is 0 Å². The molecule has 4 rings (SSSR count). The topological polar surface area (TPSA) is 76.0 Å². The number of aromatic nitrogens is 2. The zero-order valence-electron chi connectivity index (χ0n) is 14.0. The standard InChI is InChI=1S/C19H19N5O/c1-2-8-23-11-14-10-13(6-7-15(14)21-12-23)17(25)19-22-18(20)16-5-3-4-9-24(16)19/h3-7,9-11H,2,8,12,20H2,1H3. The quantitative estimate of drug-likeness (QED) is 0.728. The minimum absolute atomic E-state index is 0.151. The number of carbonyl (C=O) groups excluding carboxylic acids is 1. The molecule has 0 radical (unpaired) electrons. The van der Waals surface area contributed by atoms with Gasteiger partial charge in [0.05, 0.1) is 10.9 Å². The smallest absolute Gasteiger partial charge is 0.228 e. The van der Waals surface area contributed by atoms with Crippen LogP contribution < -0.4 is 16.3 Å². The second-order valence-corrected chi connectivity index (χ2v) is 6.12. The number of nitrogens with two attached hydrogens (primary N) is 1. The summed E-state index contributed by atoms with van der Waals surface area (Å²) in [5, 5.41) is 1.87. The molecule has 0 unspecified atom stereocenters. The first kappa shape index (κ1) is 15.4. The Hall–Kier alpha value is -3.15. The molecule has 0 saturated carbocycles. The Bertz CT molecular complexity index is 1080. The normalized spacial score (nSPS) is 13.2. The van der Waals surface area contributed by atoms with Gasteiger partial charge in [0.2, 0.25) is 5.78 Å². The molecule has 0 spiro atoms. The maximum Gasteiger partial charge on any atom is 0.228 e. The molecule has 2 N–H and O–H groups in total. The lowest BCUT2D eigenvalue weighted by molar-refractivity contribution is 0.102. The van der Waals surface area contributed by atoms with Gasteiger partial charge in [0.25, 0.3) is 0 Å². The highest BCUT2D eigenvalue weighted by molar-refractivity contribution is 6.07. The van der Waals surface area contributed by atoms with Gasteiger partial charge in [-0.15, -0.1) is 0 Å². The van der Waals surface area contributed by atoms with Crippen LogP contribution in [-0.4, -0.2) is 33.3 Å². The van der Waals surface area contributed by atoms with E-state index >= 15 is 0 Å². The number of nitrogen functional groups attached to an aromatic ring is 1. The first-order chi connectivity index (χ1) is 12.2. The van der Waals surface area contributed by atoms with Crippen LogP contribution >= 0.6 is 0 Å². The molecule has 6 heteroatoms. The molecule has 0 saturated heterocycles. The van der Waals surface area contributed by atoms with E-state index in [1.807, 2.05) is 30.3 Å². The number of fused-ring (bicyclic) bond motifs is 2. The van der Waals surface area contributed by atoms with Gasteiger partial charge in [-0.25, -0.2) is 4.98 Å². The minimum Gasteiger partial charge on any atom is -0.382 e. The summed E-state index contributed by atoms with van der Waals surface area (Å²) in [6, 6.07) is 11.1. The van der Waals surface area contributed by atoms with Crippen LogP contribution in [0.2, 0.25) is 0 Å². The number of hydrogen-bond donors (Lipinski definition) is 1. The maximum absolute atomic E-state index is 13.0. The molecule has 1 aromatic carbocycles. The van der Waals surface area contributed by atoms with E-state index in [4.69, 9.17) is 5.73 Å². The van der Waals surface area contributed by atoms with Crippen LogP contribution in [0.3, 0.4) is 0 Å². The van der Waals surface area contributed by atoms with Gasteiger partial charge in [-0.3, -0.25) is 14.2 Å². The van der Waals surface area contributed by atoms with E-state index in [1.54, 1.807) is 16.7 Å². The van der Waals surface area contributed by atoms with Crippen molar-refractivity contribution in [3.05, 3.63) is 64.6 Å². The van der Waals surface area contributed by atoms with Crippen molar-refractivity contribution >= 4 is 23.3 Å². The van der Waals surface area contributed by atoms with Gasteiger partial charge in [0.15, 0.2) is 5.82 Å². The molecule has 0 fully saturated rings. The Morgan fingerprint density at radius 1 is 1.28 bits per heavy atom. The van der Waals surface area contributed by atoms with Crippen LogP contribution in [0.15, 0.2) is 47.6 Å². The molecule has 1 aliphatic rings. The van der Waals surface area contributed by atoms with E-state index < -0.39 is 0 Å². The molecule has 0 amide bonds. The fourth-order valence-electron chi connectivity index (χ4n) is 3.12. The van der Waals surface area contributed by atoms with Gasteiger partial charge in [-0.05, 0) is 36.8 Å². The first-order valence-corrected chi connectivity index (χ1v) is 8.35. The molecule has 25 heavy (non-hydrogen) atoms. The summed E-state index contributed by atoms with van der Waals surface area (Å²) >= 11 is 0. The third-order valence-corrected chi connectivity index (χ3v) is 4.32. The second-order valence-electron chi connectivity index (χ2n) is 6.12. The zero-order chi connectivity index (χ0) is 17.4. The van der Waals surface area contributed by atoms with Crippen LogP contribution in [-0.2, 0) is 0 Å². The molecule has 126 valence electrons. The fourth-order valence-corrected chi connectivity index (χ4v) is 3.12. The highest BCUT2D eigenvalue weighted by atomic mass is 16.1. The molecule has 3 heterocycles. The van der Waals surface area contributed by atoms with E-state index in [9.17, 15) is 4.79 Å². The van der Waals surface area contributed by atoms with E-state index in [-0.39, 0.29) is 5.78 Å². The molecular formula is C19H19N5O. The number of benzene rings is 1. The summed E-state index contributed by atoms with van der Waals surface area (Å²) in [4.78, 5) is 24.0. The number of anilines is 1. The predicted octanol–water partition coefficient (Wildman–Crippen LogP) is 1.19. The zero-order valence-corrected chi connectivity index (χ0v) is 14.0. The molecule has 0 bridgehead atoms. The van der Waals surface area contributed by atoms with Crippen molar-refractivity contribution in [3.8, 4) is 0 Å². The molecular weight excluding hydrogens is 314 g/mol. The van der Waals surface area contributed by atoms with Gasteiger partial charge in [0.1, 0.15) is 12.5 Å². The predicted molar refractivity (Wildman–Crippen MR) is 96.6 cm³/mol. The van der Waals surface area contributed by atoms with Gasteiger partial charge >= 0.3 is 0 Å². The van der Waals surface area contributed by atoms with E-state index in [2.05, 4.69) is 28.0 Å². The Morgan fingerprint density at radius 2 is 2.16 bits per heavy atom. The largest absolute Gasteiger partial charge is 0.382 e. The lowest BCUT2D eigenvalue weighted by atomic mass is 10.1. The lowest BCUT2D eigenvalue weighted by Gasteiger charge is -2.19. The van der Waals surface area contributed by atoms with Crippen LogP contribution in [0.1, 0.15) is 29.5 Å². The van der Waals surface area contributed by atoms with Gasteiger partial charge < -0.3 is 10.6 Å². The van der Waals surface area contributed by atoms with Crippen LogP contribution in [0.25, 0.3) is 11.7 Å². The Labute approximate surface area is 144 Å². The van der Waals surface area contributed by atoms with Crippen molar-refractivity contribution in [1.29, 1.82) is 0 Å². The number of rotatable bonds is 4. The summed E-state index contributed by atoms with van der Waals surface area (Å²) in [7, 11) is 0. The Balaban J connectivity index is 1.79. The molecule has 2 aromatic heterocycles. The van der Waals surface area contributed by atoms with Crippen molar-refractivity contribution < 1.29 is 4.79 Å². The molecule has 3 aromatic rings. The van der Waals surface area contributed by atoms with Crippen molar-refractivity contribution in [2.45, 2.75) is 13.3 Å². The number of ketones is 1. The number of pyridine rings is 1.